The molecule has 0 aliphatic heterocycles. The number of rotatable bonds is 23. The summed E-state index contributed by atoms with van der Waals surface area (Å²) >= 11 is 0. The molecule has 0 fully saturated rings. The summed E-state index contributed by atoms with van der Waals surface area (Å²) in [5.74, 6) is -0.104. The molecule has 0 aliphatic rings. The Balaban J connectivity index is 3.07. The van der Waals surface area contributed by atoms with Gasteiger partial charge in [-0.25, -0.2) is 0 Å². The lowest BCUT2D eigenvalue weighted by atomic mass is 10.1. The summed E-state index contributed by atoms with van der Waals surface area (Å²) in [6.45, 7) is 7.28. The van der Waals surface area contributed by atoms with Crippen LogP contribution in [0.3, 0.4) is 0 Å². The largest absolute Gasteiger partial charge is 0.463 e. The van der Waals surface area contributed by atoms with Crippen LogP contribution in [0.4, 0.5) is 0 Å². The molecular formula is C24H48O4. The van der Waals surface area contributed by atoms with Crippen molar-refractivity contribution in [1.29, 1.82) is 0 Å². The van der Waals surface area contributed by atoms with Gasteiger partial charge in [-0.15, -0.1) is 0 Å². The molecule has 0 aromatic carbocycles. The van der Waals surface area contributed by atoms with Gasteiger partial charge in [0.15, 0.2) is 0 Å². The fraction of sp³-hybridized carbons (Fsp3) is 0.958. The van der Waals surface area contributed by atoms with Gasteiger partial charge >= 0.3 is 5.97 Å². The number of ether oxygens (including phenoxy) is 3. The molecule has 0 aromatic rings. The average molecular weight is 401 g/mol. The summed E-state index contributed by atoms with van der Waals surface area (Å²) in [7, 11) is 0. The molecule has 0 aromatic heterocycles. The Morgan fingerprint density at radius 3 is 1.50 bits per heavy atom. The zero-order chi connectivity index (χ0) is 20.5. The molecule has 0 N–H and O–H groups in total. The van der Waals surface area contributed by atoms with Crippen LogP contribution in [0.5, 0.6) is 0 Å². The maximum atomic E-state index is 11.5. The van der Waals surface area contributed by atoms with Crippen molar-refractivity contribution in [2.24, 2.45) is 0 Å². The monoisotopic (exact) mass is 400 g/mol. The quantitative estimate of drug-likeness (QED) is 0.139. The SMILES string of the molecule is CCCCCCCCCCCCCOCCOCCOC(=O)CCCCCC. The molecule has 0 spiro atoms. The Morgan fingerprint density at radius 1 is 0.500 bits per heavy atom. The van der Waals surface area contributed by atoms with Crippen LogP contribution in [0.1, 0.15) is 117 Å². The second kappa shape index (κ2) is 24.4. The number of hydrogen-bond acceptors (Lipinski definition) is 4. The Morgan fingerprint density at radius 2 is 0.929 bits per heavy atom. The Labute approximate surface area is 175 Å². The van der Waals surface area contributed by atoms with E-state index >= 15 is 0 Å². The first-order chi connectivity index (χ1) is 13.8. The van der Waals surface area contributed by atoms with Gasteiger partial charge in [-0.2, -0.15) is 0 Å². The molecule has 0 heterocycles. The van der Waals surface area contributed by atoms with E-state index in [0.29, 0.717) is 32.8 Å². The third-order valence-corrected chi connectivity index (χ3v) is 4.99. The molecule has 28 heavy (non-hydrogen) atoms. The molecular weight excluding hydrogens is 352 g/mol. The van der Waals surface area contributed by atoms with Gasteiger partial charge in [0.1, 0.15) is 6.61 Å². The lowest BCUT2D eigenvalue weighted by Gasteiger charge is -2.07. The van der Waals surface area contributed by atoms with Crippen molar-refractivity contribution in [3.63, 3.8) is 0 Å². The average Bonchev–Trinajstić information content (AvgIpc) is 2.70. The number of carbonyl (C=O) groups is 1. The van der Waals surface area contributed by atoms with Crippen LogP contribution in [0.25, 0.3) is 0 Å². The van der Waals surface area contributed by atoms with Crippen molar-refractivity contribution in [1.82, 2.24) is 0 Å². The fourth-order valence-electron chi connectivity index (χ4n) is 3.17. The van der Waals surface area contributed by atoms with E-state index in [1.165, 1.54) is 77.0 Å². The minimum atomic E-state index is -0.104. The number of hydrogen-bond donors (Lipinski definition) is 0. The first kappa shape index (κ1) is 27.4. The van der Waals surface area contributed by atoms with Crippen molar-refractivity contribution >= 4 is 5.97 Å². The van der Waals surface area contributed by atoms with Crippen molar-refractivity contribution < 1.29 is 19.0 Å². The van der Waals surface area contributed by atoms with E-state index in [4.69, 9.17) is 14.2 Å². The molecule has 0 saturated heterocycles. The van der Waals surface area contributed by atoms with E-state index < -0.39 is 0 Å². The van der Waals surface area contributed by atoms with Crippen LogP contribution in [0.15, 0.2) is 0 Å². The lowest BCUT2D eigenvalue weighted by molar-refractivity contribution is -0.145. The molecule has 0 rings (SSSR count). The van der Waals surface area contributed by atoms with Gasteiger partial charge in [-0.05, 0) is 12.8 Å². The molecule has 0 saturated carbocycles. The van der Waals surface area contributed by atoms with E-state index in [1.807, 2.05) is 0 Å². The van der Waals surface area contributed by atoms with Gasteiger partial charge < -0.3 is 14.2 Å². The zero-order valence-corrected chi connectivity index (χ0v) is 19.0. The lowest BCUT2D eigenvalue weighted by Crippen LogP contribution is -2.13. The van der Waals surface area contributed by atoms with Crippen molar-refractivity contribution in [2.75, 3.05) is 33.0 Å². The molecule has 0 unspecified atom stereocenters. The van der Waals surface area contributed by atoms with Crippen molar-refractivity contribution in [2.45, 2.75) is 117 Å². The highest BCUT2D eigenvalue weighted by atomic mass is 16.6. The van der Waals surface area contributed by atoms with Crippen LogP contribution in [0.2, 0.25) is 0 Å². The second-order valence-corrected chi connectivity index (χ2v) is 7.79. The number of carbonyl (C=O) groups excluding carboxylic acids is 1. The van der Waals surface area contributed by atoms with Gasteiger partial charge in [0.05, 0.1) is 19.8 Å². The smallest absolute Gasteiger partial charge is 0.305 e. The first-order valence-corrected chi connectivity index (χ1v) is 12.1. The molecule has 0 bridgehead atoms. The Bertz CT molecular complexity index is 307. The van der Waals surface area contributed by atoms with E-state index in [9.17, 15) is 4.79 Å². The first-order valence-electron chi connectivity index (χ1n) is 12.1. The Kier molecular flexibility index (Phi) is 23.9. The predicted molar refractivity (Wildman–Crippen MR) is 118 cm³/mol. The highest BCUT2D eigenvalue weighted by Gasteiger charge is 2.02. The highest BCUT2D eigenvalue weighted by Crippen LogP contribution is 2.11. The van der Waals surface area contributed by atoms with Gasteiger partial charge in [0.25, 0.3) is 0 Å². The number of esters is 1. The highest BCUT2D eigenvalue weighted by molar-refractivity contribution is 5.69. The van der Waals surface area contributed by atoms with Crippen LogP contribution in [0, 0.1) is 0 Å². The number of unbranched alkanes of at least 4 members (excludes halogenated alkanes) is 13. The minimum absolute atomic E-state index is 0.104. The predicted octanol–water partition coefficient (Wildman–Crippen LogP) is 6.84. The summed E-state index contributed by atoms with van der Waals surface area (Å²) in [5.41, 5.74) is 0. The fourth-order valence-corrected chi connectivity index (χ4v) is 3.17. The zero-order valence-electron chi connectivity index (χ0n) is 19.0. The second-order valence-electron chi connectivity index (χ2n) is 7.79. The van der Waals surface area contributed by atoms with E-state index in [-0.39, 0.29) is 5.97 Å². The maximum absolute atomic E-state index is 11.5. The molecule has 0 aliphatic carbocycles. The molecule has 168 valence electrons. The molecule has 4 nitrogen and oxygen atoms in total. The topological polar surface area (TPSA) is 44.8 Å². The molecule has 0 amide bonds. The maximum Gasteiger partial charge on any atom is 0.305 e. The molecule has 0 radical (unpaired) electrons. The van der Waals surface area contributed by atoms with Crippen LogP contribution >= 0.6 is 0 Å². The summed E-state index contributed by atoms with van der Waals surface area (Å²) in [6.07, 6.45) is 19.9. The van der Waals surface area contributed by atoms with Gasteiger partial charge in [-0.1, -0.05) is 97.3 Å². The van der Waals surface area contributed by atoms with Gasteiger partial charge in [-0.3, -0.25) is 4.79 Å². The van der Waals surface area contributed by atoms with Gasteiger partial charge in [0, 0.05) is 13.0 Å². The summed E-state index contributed by atoms with van der Waals surface area (Å²) in [6, 6.07) is 0. The summed E-state index contributed by atoms with van der Waals surface area (Å²) in [4.78, 5) is 11.5. The molecule has 0 atom stereocenters. The third-order valence-electron chi connectivity index (χ3n) is 4.99. The third kappa shape index (κ3) is 23.4. The van der Waals surface area contributed by atoms with Crippen molar-refractivity contribution in [3.05, 3.63) is 0 Å². The van der Waals surface area contributed by atoms with Crippen LogP contribution in [-0.2, 0) is 19.0 Å². The Hall–Kier alpha value is -0.610. The standard InChI is InChI=1S/C24H48O4/c1-3-5-7-9-10-11-12-13-14-15-17-19-26-20-21-27-22-23-28-24(25)18-16-8-6-4-2/h3-23H2,1-2H3. The normalized spacial score (nSPS) is 11.1. The summed E-state index contributed by atoms with van der Waals surface area (Å²) in [5, 5.41) is 0. The summed E-state index contributed by atoms with van der Waals surface area (Å²) < 4.78 is 16.2. The van der Waals surface area contributed by atoms with Crippen molar-refractivity contribution in [3.8, 4) is 0 Å². The minimum Gasteiger partial charge on any atom is -0.463 e. The van der Waals surface area contributed by atoms with Gasteiger partial charge in [0.2, 0.25) is 0 Å². The van der Waals surface area contributed by atoms with Crippen LogP contribution < -0.4 is 0 Å². The van der Waals surface area contributed by atoms with E-state index in [0.717, 1.165) is 25.9 Å². The van der Waals surface area contributed by atoms with E-state index in [1.54, 1.807) is 0 Å². The van der Waals surface area contributed by atoms with Crippen LogP contribution in [-0.4, -0.2) is 39.0 Å². The molecule has 4 heteroatoms. The van der Waals surface area contributed by atoms with E-state index in [2.05, 4.69) is 13.8 Å².